The Morgan fingerprint density at radius 2 is 2.35 bits per heavy atom. The van der Waals surface area contributed by atoms with Crippen molar-refractivity contribution in [1.82, 2.24) is 4.90 Å². The van der Waals surface area contributed by atoms with E-state index in [0.717, 1.165) is 19.4 Å². The number of hydrogen-bond acceptors (Lipinski definition) is 2. The minimum Gasteiger partial charge on any atom is -0.339 e. The highest BCUT2D eigenvalue weighted by Gasteiger charge is 2.30. The molecule has 3 nitrogen and oxygen atoms in total. The third kappa shape index (κ3) is 3.49. The van der Waals surface area contributed by atoms with Gasteiger partial charge in [-0.2, -0.15) is 0 Å². The van der Waals surface area contributed by atoms with Crippen LogP contribution in [0, 0.1) is 5.82 Å². The summed E-state index contributed by atoms with van der Waals surface area (Å²) in [7, 11) is 0. The Kier molecular flexibility index (Phi) is 5.00. The van der Waals surface area contributed by atoms with Gasteiger partial charge in [0.2, 0.25) is 5.91 Å². The molecule has 0 spiro atoms. The highest BCUT2D eigenvalue weighted by atomic mass is 35.5. The van der Waals surface area contributed by atoms with E-state index in [9.17, 15) is 9.18 Å². The van der Waals surface area contributed by atoms with Gasteiger partial charge in [-0.1, -0.05) is 17.7 Å². The summed E-state index contributed by atoms with van der Waals surface area (Å²) in [5.74, 6) is -0.251. The molecule has 1 aromatic carbocycles. The third-order valence-electron chi connectivity index (χ3n) is 3.70. The maximum Gasteiger partial charge on any atom is 0.224 e. The smallest absolute Gasteiger partial charge is 0.224 e. The number of carbonyl (C=O) groups excluding carboxylic acids is 1. The fourth-order valence-corrected chi connectivity index (χ4v) is 2.97. The molecule has 2 N–H and O–H groups in total. The number of rotatable bonds is 4. The minimum absolute atomic E-state index is 0.0237. The molecule has 0 radical (unpaired) electrons. The quantitative estimate of drug-likeness (QED) is 0.929. The molecule has 1 heterocycles. The van der Waals surface area contributed by atoms with E-state index in [0.29, 0.717) is 23.4 Å². The van der Waals surface area contributed by atoms with Gasteiger partial charge in [-0.15, -0.1) is 0 Å². The number of likely N-dealkylation sites (tertiary alicyclic amines) is 1. The Morgan fingerprint density at radius 1 is 1.60 bits per heavy atom. The molecule has 5 heteroatoms. The first-order valence-electron chi connectivity index (χ1n) is 6.97. The molecular formula is C15H20ClFN2O. The highest BCUT2D eigenvalue weighted by Crippen LogP contribution is 2.27. The first-order chi connectivity index (χ1) is 9.49. The van der Waals surface area contributed by atoms with Gasteiger partial charge in [0.05, 0.1) is 0 Å². The lowest BCUT2D eigenvalue weighted by molar-refractivity contribution is -0.132. The van der Waals surface area contributed by atoms with Gasteiger partial charge in [-0.05, 0) is 38.3 Å². The van der Waals surface area contributed by atoms with Crippen LogP contribution in [0.2, 0.25) is 5.02 Å². The second kappa shape index (κ2) is 6.55. The van der Waals surface area contributed by atoms with Crippen LogP contribution in [0.3, 0.4) is 0 Å². The first-order valence-corrected chi connectivity index (χ1v) is 7.34. The van der Waals surface area contributed by atoms with Crippen LogP contribution in [-0.2, 0) is 11.2 Å². The van der Waals surface area contributed by atoms with Gasteiger partial charge in [0, 0.05) is 35.6 Å². The molecule has 0 aromatic heterocycles. The molecule has 2 rings (SSSR count). The number of amides is 1. The second-order valence-corrected chi connectivity index (χ2v) is 5.88. The van der Waals surface area contributed by atoms with E-state index < -0.39 is 0 Å². The summed E-state index contributed by atoms with van der Waals surface area (Å²) in [6.07, 6.45) is 2.63. The first kappa shape index (κ1) is 15.3. The SMILES string of the molecule is CC(N)CC(=O)N1CCCC1Cc1c(F)cccc1Cl. The summed E-state index contributed by atoms with van der Waals surface area (Å²) in [4.78, 5) is 14.0. The van der Waals surface area contributed by atoms with Crippen LogP contribution in [0.5, 0.6) is 0 Å². The van der Waals surface area contributed by atoms with Crippen molar-refractivity contribution in [2.75, 3.05) is 6.54 Å². The second-order valence-electron chi connectivity index (χ2n) is 5.47. The van der Waals surface area contributed by atoms with Crippen molar-refractivity contribution in [1.29, 1.82) is 0 Å². The van der Waals surface area contributed by atoms with E-state index >= 15 is 0 Å². The molecular weight excluding hydrogens is 279 g/mol. The molecule has 1 saturated heterocycles. The van der Waals surface area contributed by atoms with Crippen molar-refractivity contribution in [3.63, 3.8) is 0 Å². The maximum atomic E-state index is 13.8. The van der Waals surface area contributed by atoms with Gasteiger partial charge in [0.1, 0.15) is 5.82 Å². The van der Waals surface area contributed by atoms with Crippen LogP contribution in [0.25, 0.3) is 0 Å². The molecule has 2 atom stereocenters. The Bertz CT molecular complexity index is 473. The molecule has 2 unspecified atom stereocenters. The average Bonchev–Trinajstić information content (AvgIpc) is 2.81. The van der Waals surface area contributed by atoms with Crippen LogP contribution < -0.4 is 5.73 Å². The van der Waals surface area contributed by atoms with Crippen molar-refractivity contribution in [3.8, 4) is 0 Å². The zero-order valence-corrected chi connectivity index (χ0v) is 12.4. The van der Waals surface area contributed by atoms with Gasteiger partial charge in [0.25, 0.3) is 0 Å². The van der Waals surface area contributed by atoms with Crippen LogP contribution in [0.4, 0.5) is 4.39 Å². The average molecular weight is 299 g/mol. The Morgan fingerprint density at radius 3 is 3.00 bits per heavy atom. The number of nitrogens with zero attached hydrogens (tertiary/aromatic N) is 1. The topological polar surface area (TPSA) is 46.3 Å². The molecule has 1 amide bonds. The zero-order valence-electron chi connectivity index (χ0n) is 11.6. The molecule has 1 aromatic rings. The normalized spacial score (nSPS) is 20.2. The molecule has 1 fully saturated rings. The Hall–Kier alpha value is -1.13. The Balaban J connectivity index is 2.10. The van der Waals surface area contributed by atoms with E-state index in [1.165, 1.54) is 6.07 Å². The zero-order chi connectivity index (χ0) is 14.7. The van der Waals surface area contributed by atoms with E-state index in [4.69, 9.17) is 17.3 Å². The maximum absolute atomic E-state index is 13.8. The minimum atomic E-state index is -0.302. The Labute approximate surface area is 123 Å². The van der Waals surface area contributed by atoms with Crippen LogP contribution >= 0.6 is 11.6 Å². The number of carbonyl (C=O) groups is 1. The monoisotopic (exact) mass is 298 g/mol. The molecule has 0 bridgehead atoms. The van der Waals surface area contributed by atoms with Crippen molar-refractivity contribution in [3.05, 3.63) is 34.6 Å². The van der Waals surface area contributed by atoms with Crippen LogP contribution in [0.1, 0.15) is 31.7 Å². The fraction of sp³-hybridized carbons (Fsp3) is 0.533. The third-order valence-corrected chi connectivity index (χ3v) is 4.05. The lowest BCUT2D eigenvalue weighted by Gasteiger charge is -2.26. The van der Waals surface area contributed by atoms with E-state index in [-0.39, 0.29) is 23.8 Å². The summed E-state index contributed by atoms with van der Waals surface area (Å²) in [5, 5.41) is 0.427. The van der Waals surface area contributed by atoms with Crippen molar-refractivity contribution >= 4 is 17.5 Å². The number of benzene rings is 1. The number of halogens is 2. The van der Waals surface area contributed by atoms with Crippen molar-refractivity contribution < 1.29 is 9.18 Å². The molecule has 1 aliphatic heterocycles. The lowest BCUT2D eigenvalue weighted by Crippen LogP contribution is -2.39. The van der Waals surface area contributed by atoms with Crippen LogP contribution in [-0.4, -0.2) is 29.4 Å². The van der Waals surface area contributed by atoms with E-state index in [2.05, 4.69) is 0 Å². The molecule has 110 valence electrons. The fourth-order valence-electron chi connectivity index (χ4n) is 2.73. The summed E-state index contributed by atoms with van der Waals surface area (Å²) in [6.45, 7) is 2.54. The van der Waals surface area contributed by atoms with Crippen molar-refractivity contribution in [2.24, 2.45) is 5.73 Å². The molecule has 1 aliphatic rings. The molecule has 0 saturated carbocycles. The van der Waals surface area contributed by atoms with Gasteiger partial charge < -0.3 is 10.6 Å². The highest BCUT2D eigenvalue weighted by molar-refractivity contribution is 6.31. The molecule has 0 aliphatic carbocycles. The predicted octanol–water partition coefficient (Wildman–Crippen LogP) is 2.75. The lowest BCUT2D eigenvalue weighted by atomic mass is 10.0. The van der Waals surface area contributed by atoms with E-state index in [1.807, 2.05) is 11.8 Å². The largest absolute Gasteiger partial charge is 0.339 e. The number of hydrogen-bond donors (Lipinski definition) is 1. The summed E-state index contributed by atoms with van der Waals surface area (Å²) < 4.78 is 13.8. The van der Waals surface area contributed by atoms with Crippen LogP contribution in [0.15, 0.2) is 18.2 Å². The summed E-state index contributed by atoms with van der Waals surface area (Å²) in [6, 6.07) is 4.55. The van der Waals surface area contributed by atoms with Gasteiger partial charge >= 0.3 is 0 Å². The van der Waals surface area contributed by atoms with Gasteiger partial charge in [-0.25, -0.2) is 4.39 Å². The van der Waals surface area contributed by atoms with Crippen molar-refractivity contribution in [2.45, 2.75) is 44.7 Å². The molecule has 20 heavy (non-hydrogen) atoms. The summed E-state index contributed by atoms with van der Waals surface area (Å²) in [5.41, 5.74) is 6.18. The standard InChI is InChI=1S/C15H20ClFN2O/c1-10(18)8-15(20)19-7-3-4-11(19)9-12-13(16)5-2-6-14(12)17/h2,5-6,10-11H,3-4,7-9,18H2,1H3. The summed E-state index contributed by atoms with van der Waals surface area (Å²) >= 11 is 6.06. The number of nitrogens with two attached hydrogens (primary N) is 1. The van der Waals surface area contributed by atoms with Gasteiger partial charge in [-0.3, -0.25) is 4.79 Å². The van der Waals surface area contributed by atoms with E-state index in [1.54, 1.807) is 12.1 Å². The van der Waals surface area contributed by atoms with Gasteiger partial charge in [0.15, 0.2) is 0 Å². The predicted molar refractivity (Wildman–Crippen MR) is 78.1 cm³/mol.